The molecule has 0 atom stereocenters. The summed E-state index contributed by atoms with van der Waals surface area (Å²) in [6.45, 7) is 0.234. The Morgan fingerprint density at radius 1 is 1.47 bits per heavy atom. The Labute approximate surface area is 88.2 Å². The van der Waals surface area contributed by atoms with Gasteiger partial charge in [-0.3, -0.25) is 4.79 Å². The monoisotopic (exact) mass is 212 g/mol. The molecule has 0 aliphatic heterocycles. The first-order valence-corrected chi connectivity index (χ1v) is 4.63. The van der Waals surface area contributed by atoms with Gasteiger partial charge in [-0.25, -0.2) is 0 Å². The van der Waals surface area contributed by atoms with Crippen molar-refractivity contribution in [1.29, 1.82) is 0 Å². The minimum Gasteiger partial charge on any atom is -0.503 e. The lowest BCUT2D eigenvalue weighted by Gasteiger charge is -2.17. The lowest BCUT2D eigenvalue weighted by molar-refractivity contribution is 0.268. The first kappa shape index (κ1) is 11.7. The van der Waals surface area contributed by atoms with Crippen molar-refractivity contribution in [2.45, 2.75) is 13.2 Å². The molecule has 0 saturated carbocycles. The highest BCUT2D eigenvalue weighted by molar-refractivity contribution is 5.29. The van der Waals surface area contributed by atoms with E-state index in [1.807, 2.05) is 19.0 Å². The average Bonchev–Trinajstić information content (AvgIpc) is 2.18. The Kier molecular flexibility index (Phi) is 3.49. The first-order valence-electron chi connectivity index (χ1n) is 4.63. The number of nitrogens with zero attached hydrogens (tertiary/aromatic N) is 2. The standard InChI is InChI=1S/C10H16N2O3/c1-11(2)5-8-10(15)9(14)4-7(6-13)12(8)3/h4,13,15H,5-6H2,1-3H3. The van der Waals surface area contributed by atoms with E-state index in [0.717, 1.165) is 0 Å². The number of rotatable bonds is 3. The molecule has 0 amide bonds. The van der Waals surface area contributed by atoms with E-state index in [9.17, 15) is 9.90 Å². The van der Waals surface area contributed by atoms with E-state index in [1.54, 1.807) is 11.6 Å². The Hall–Kier alpha value is -1.33. The summed E-state index contributed by atoms with van der Waals surface area (Å²) in [6.07, 6.45) is 0. The molecule has 15 heavy (non-hydrogen) atoms. The Morgan fingerprint density at radius 2 is 2.07 bits per heavy atom. The topological polar surface area (TPSA) is 65.7 Å². The van der Waals surface area contributed by atoms with Crippen molar-refractivity contribution in [3.8, 4) is 5.75 Å². The number of pyridine rings is 1. The van der Waals surface area contributed by atoms with Crippen LogP contribution >= 0.6 is 0 Å². The molecule has 1 heterocycles. The van der Waals surface area contributed by atoms with Gasteiger partial charge < -0.3 is 19.7 Å². The summed E-state index contributed by atoms with van der Waals surface area (Å²) in [4.78, 5) is 13.2. The normalized spacial score (nSPS) is 11.0. The van der Waals surface area contributed by atoms with Crippen LogP contribution in [0.25, 0.3) is 0 Å². The number of aromatic hydroxyl groups is 1. The molecule has 0 bridgehead atoms. The van der Waals surface area contributed by atoms with Gasteiger partial charge in [-0.1, -0.05) is 0 Å². The van der Waals surface area contributed by atoms with Crippen LogP contribution in [0.2, 0.25) is 0 Å². The van der Waals surface area contributed by atoms with Crippen molar-refractivity contribution in [1.82, 2.24) is 9.47 Å². The van der Waals surface area contributed by atoms with Crippen LogP contribution in [0.3, 0.4) is 0 Å². The third-order valence-electron chi connectivity index (χ3n) is 2.27. The SMILES string of the molecule is CN(C)Cc1c(O)c(=O)cc(CO)n1C. The van der Waals surface area contributed by atoms with Gasteiger partial charge in [-0.2, -0.15) is 0 Å². The molecular formula is C10H16N2O3. The molecule has 84 valence electrons. The van der Waals surface area contributed by atoms with Crippen LogP contribution < -0.4 is 5.43 Å². The van der Waals surface area contributed by atoms with Gasteiger partial charge in [0.05, 0.1) is 12.3 Å². The van der Waals surface area contributed by atoms with Gasteiger partial charge in [-0.15, -0.1) is 0 Å². The molecule has 0 saturated heterocycles. The van der Waals surface area contributed by atoms with Gasteiger partial charge in [0.1, 0.15) is 0 Å². The zero-order valence-corrected chi connectivity index (χ0v) is 9.19. The summed E-state index contributed by atoms with van der Waals surface area (Å²) in [5, 5.41) is 18.6. The molecule has 2 N–H and O–H groups in total. The Balaban J connectivity index is 3.34. The summed E-state index contributed by atoms with van der Waals surface area (Å²) in [6, 6.07) is 1.24. The molecule has 0 unspecified atom stereocenters. The van der Waals surface area contributed by atoms with Gasteiger partial charge in [-0.05, 0) is 14.1 Å². The fraction of sp³-hybridized carbons (Fsp3) is 0.500. The second-order valence-electron chi connectivity index (χ2n) is 3.75. The molecule has 5 heteroatoms. The Morgan fingerprint density at radius 3 is 2.53 bits per heavy atom. The molecule has 5 nitrogen and oxygen atoms in total. The van der Waals surface area contributed by atoms with E-state index in [2.05, 4.69) is 0 Å². The van der Waals surface area contributed by atoms with Crippen LogP contribution in [0.1, 0.15) is 11.4 Å². The molecule has 1 rings (SSSR count). The molecular weight excluding hydrogens is 196 g/mol. The van der Waals surface area contributed by atoms with Gasteiger partial charge in [0.25, 0.3) is 0 Å². The number of aliphatic hydroxyl groups excluding tert-OH is 1. The van der Waals surface area contributed by atoms with Crippen LogP contribution in [0, 0.1) is 0 Å². The summed E-state index contributed by atoms with van der Waals surface area (Å²) in [5.74, 6) is -0.247. The van der Waals surface area contributed by atoms with Crippen LogP contribution in [0.5, 0.6) is 5.75 Å². The van der Waals surface area contributed by atoms with Crippen molar-refractivity contribution in [3.05, 3.63) is 27.7 Å². The fourth-order valence-electron chi connectivity index (χ4n) is 1.42. The minimum absolute atomic E-state index is 0.216. The van der Waals surface area contributed by atoms with Crippen LogP contribution in [0.15, 0.2) is 10.9 Å². The quantitative estimate of drug-likeness (QED) is 0.718. The minimum atomic E-state index is -0.450. The zero-order valence-electron chi connectivity index (χ0n) is 9.19. The van der Waals surface area contributed by atoms with Crippen LogP contribution in [-0.2, 0) is 20.2 Å². The highest BCUT2D eigenvalue weighted by Crippen LogP contribution is 2.14. The molecule has 0 aliphatic carbocycles. The lowest BCUT2D eigenvalue weighted by atomic mass is 10.2. The van der Waals surface area contributed by atoms with Gasteiger partial charge in [0.2, 0.25) is 5.43 Å². The molecule has 1 aromatic rings. The number of aromatic nitrogens is 1. The van der Waals surface area contributed by atoms with Gasteiger partial charge >= 0.3 is 0 Å². The molecule has 0 radical (unpaired) electrons. The predicted molar refractivity (Wildman–Crippen MR) is 56.7 cm³/mol. The van der Waals surface area contributed by atoms with E-state index in [1.165, 1.54) is 6.07 Å². The smallest absolute Gasteiger partial charge is 0.223 e. The largest absolute Gasteiger partial charge is 0.503 e. The highest BCUT2D eigenvalue weighted by atomic mass is 16.3. The van der Waals surface area contributed by atoms with E-state index in [4.69, 9.17) is 5.11 Å². The van der Waals surface area contributed by atoms with E-state index < -0.39 is 5.43 Å². The summed E-state index contributed by atoms with van der Waals surface area (Å²) in [7, 11) is 5.40. The van der Waals surface area contributed by atoms with Crippen molar-refractivity contribution in [2.75, 3.05) is 14.1 Å². The summed E-state index contributed by atoms with van der Waals surface area (Å²) in [5.41, 5.74) is 0.556. The zero-order chi connectivity index (χ0) is 11.6. The van der Waals surface area contributed by atoms with Crippen molar-refractivity contribution in [3.63, 3.8) is 0 Å². The molecule has 0 fully saturated rings. The molecule has 1 aromatic heterocycles. The van der Waals surface area contributed by atoms with Gasteiger partial charge in [0.15, 0.2) is 5.75 Å². The lowest BCUT2D eigenvalue weighted by Crippen LogP contribution is -2.21. The summed E-state index contributed by atoms with van der Waals surface area (Å²) >= 11 is 0. The second kappa shape index (κ2) is 4.46. The molecule has 0 spiro atoms. The Bertz CT molecular complexity index is 410. The van der Waals surface area contributed by atoms with Crippen LogP contribution in [-0.4, -0.2) is 33.8 Å². The van der Waals surface area contributed by atoms with Crippen molar-refractivity contribution >= 4 is 0 Å². The third-order valence-corrected chi connectivity index (χ3v) is 2.27. The third kappa shape index (κ3) is 2.37. The first-order chi connectivity index (χ1) is 6.97. The highest BCUT2D eigenvalue weighted by Gasteiger charge is 2.12. The number of hydrogen-bond donors (Lipinski definition) is 2. The maximum atomic E-state index is 11.4. The van der Waals surface area contributed by atoms with E-state index in [0.29, 0.717) is 17.9 Å². The van der Waals surface area contributed by atoms with Gasteiger partial charge in [0, 0.05) is 25.4 Å². The predicted octanol–water partition coefficient (Wildman–Crippen LogP) is -0.355. The molecule has 0 aromatic carbocycles. The van der Waals surface area contributed by atoms with Crippen molar-refractivity contribution in [2.24, 2.45) is 7.05 Å². The van der Waals surface area contributed by atoms with Crippen molar-refractivity contribution < 1.29 is 10.2 Å². The van der Waals surface area contributed by atoms with E-state index in [-0.39, 0.29) is 12.4 Å². The maximum Gasteiger partial charge on any atom is 0.223 e. The fourth-order valence-corrected chi connectivity index (χ4v) is 1.42. The summed E-state index contributed by atoms with van der Waals surface area (Å²) < 4.78 is 1.64. The average molecular weight is 212 g/mol. The number of aliphatic hydroxyl groups is 1. The maximum absolute atomic E-state index is 11.4. The second-order valence-corrected chi connectivity index (χ2v) is 3.75. The van der Waals surface area contributed by atoms with Crippen LogP contribution in [0.4, 0.5) is 0 Å². The molecule has 0 aliphatic rings. The van der Waals surface area contributed by atoms with E-state index >= 15 is 0 Å². The number of hydrogen-bond acceptors (Lipinski definition) is 4.